The second-order valence-corrected chi connectivity index (χ2v) is 11.2. The summed E-state index contributed by atoms with van der Waals surface area (Å²) in [5, 5.41) is 3.06. The zero-order chi connectivity index (χ0) is 29.2. The quantitative estimate of drug-likeness (QED) is 0.242. The van der Waals surface area contributed by atoms with Gasteiger partial charge in [0.25, 0.3) is 5.91 Å². The lowest BCUT2D eigenvalue weighted by molar-refractivity contribution is 0.102. The van der Waals surface area contributed by atoms with Gasteiger partial charge in [0.15, 0.2) is 5.82 Å². The fourth-order valence-corrected chi connectivity index (χ4v) is 5.18. The van der Waals surface area contributed by atoms with Gasteiger partial charge in [-0.1, -0.05) is 42.0 Å². The molecule has 0 unspecified atom stereocenters. The molecule has 5 aromatic rings. The van der Waals surface area contributed by atoms with Crippen LogP contribution in [0.15, 0.2) is 72.9 Å². The zero-order valence-electron chi connectivity index (χ0n) is 24.6. The van der Waals surface area contributed by atoms with Crippen LogP contribution in [0.4, 0.5) is 5.69 Å². The molecule has 2 N–H and O–H groups in total. The number of aromatic nitrogens is 3. The number of hydrogen-bond donors (Lipinski definition) is 2. The lowest BCUT2D eigenvalue weighted by Crippen LogP contribution is -2.43. The van der Waals surface area contributed by atoms with E-state index < -0.39 is 0 Å². The van der Waals surface area contributed by atoms with Crippen molar-refractivity contribution in [2.45, 2.75) is 27.3 Å². The van der Waals surface area contributed by atoms with Crippen LogP contribution in [0.2, 0.25) is 0 Å². The Morgan fingerprint density at radius 1 is 0.905 bits per heavy atom. The molecule has 214 valence electrons. The molecule has 0 atom stereocenters. The van der Waals surface area contributed by atoms with Crippen LogP contribution >= 0.6 is 0 Å². The van der Waals surface area contributed by atoms with Gasteiger partial charge in [-0.2, -0.15) is 4.98 Å². The Labute approximate surface area is 246 Å². The summed E-state index contributed by atoms with van der Waals surface area (Å²) in [7, 11) is 2.17. The highest BCUT2D eigenvalue weighted by atomic mass is 16.5. The Balaban J connectivity index is 1.20. The first-order chi connectivity index (χ1) is 20.3. The van der Waals surface area contributed by atoms with Gasteiger partial charge in [-0.25, -0.2) is 4.98 Å². The summed E-state index contributed by atoms with van der Waals surface area (Å²) in [5.74, 6) is 1.35. The highest BCUT2D eigenvalue weighted by molar-refractivity contribution is 6.04. The van der Waals surface area contributed by atoms with E-state index >= 15 is 0 Å². The molecule has 8 heteroatoms. The Hall–Kier alpha value is -4.53. The first kappa shape index (κ1) is 27.6. The van der Waals surface area contributed by atoms with Crippen LogP contribution in [0.5, 0.6) is 11.6 Å². The maximum absolute atomic E-state index is 13.3. The number of benzene rings is 3. The number of carbonyl (C=O) groups excluding carboxylic acids is 1. The topological polar surface area (TPSA) is 86.4 Å². The predicted molar refractivity (Wildman–Crippen MR) is 167 cm³/mol. The first-order valence-corrected chi connectivity index (χ1v) is 14.3. The smallest absolute Gasteiger partial charge is 0.255 e. The SMILES string of the molecule is Cc1ccc(-c2nc(Oc3cc(C(=O)Nc4ccc(CN5CCN(C)CC5)c(C)c4)ccc3C)c3[nH]ccc3n2)cc1. The van der Waals surface area contributed by atoms with Crippen LogP contribution in [0.25, 0.3) is 22.4 Å². The van der Waals surface area contributed by atoms with Gasteiger partial charge in [-0.15, -0.1) is 0 Å². The molecule has 2 aromatic heterocycles. The maximum atomic E-state index is 13.3. The molecule has 1 aliphatic rings. The minimum Gasteiger partial charge on any atom is -0.437 e. The molecule has 0 spiro atoms. The molecule has 1 saturated heterocycles. The molecular formula is C34H36N6O2. The van der Waals surface area contributed by atoms with Gasteiger partial charge in [0.05, 0.1) is 5.52 Å². The molecule has 0 aliphatic carbocycles. The number of piperazine rings is 1. The molecule has 1 aliphatic heterocycles. The number of aryl methyl sites for hydroxylation is 3. The Kier molecular flexibility index (Phi) is 7.73. The molecule has 3 heterocycles. The Morgan fingerprint density at radius 2 is 1.69 bits per heavy atom. The number of H-pyrrole nitrogens is 1. The van der Waals surface area contributed by atoms with Gasteiger partial charge >= 0.3 is 0 Å². The largest absolute Gasteiger partial charge is 0.437 e. The van der Waals surface area contributed by atoms with E-state index in [1.54, 1.807) is 6.07 Å². The number of aromatic amines is 1. The van der Waals surface area contributed by atoms with E-state index in [9.17, 15) is 4.79 Å². The normalized spacial score (nSPS) is 14.3. The number of amides is 1. The van der Waals surface area contributed by atoms with E-state index in [4.69, 9.17) is 14.7 Å². The van der Waals surface area contributed by atoms with Crippen molar-refractivity contribution < 1.29 is 9.53 Å². The number of hydrogen-bond acceptors (Lipinski definition) is 6. The lowest BCUT2D eigenvalue weighted by Gasteiger charge is -2.32. The molecule has 1 fully saturated rings. The highest BCUT2D eigenvalue weighted by Gasteiger charge is 2.17. The minimum atomic E-state index is -0.195. The van der Waals surface area contributed by atoms with Crippen LogP contribution in [0, 0.1) is 20.8 Å². The monoisotopic (exact) mass is 560 g/mol. The van der Waals surface area contributed by atoms with Crippen molar-refractivity contribution in [3.8, 4) is 23.0 Å². The number of anilines is 1. The average Bonchev–Trinajstić information content (AvgIpc) is 3.46. The van der Waals surface area contributed by atoms with Crippen LogP contribution < -0.4 is 10.1 Å². The summed E-state index contributed by atoms with van der Waals surface area (Å²) >= 11 is 0. The van der Waals surface area contributed by atoms with Crippen LogP contribution in [-0.4, -0.2) is 63.9 Å². The Morgan fingerprint density at radius 3 is 2.45 bits per heavy atom. The van der Waals surface area contributed by atoms with Gasteiger partial charge in [0.2, 0.25) is 5.88 Å². The van der Waals surface area contributed by atoms with E-state index in [1.165, 1.54) is 16.7 Å². The molecule has 3 aromatic carbocycles. The van der Waals surface area contributed by atoms with Crippen LogP contribution in [-0.2, 0) is 6.54 Å². The van der Waals surface area contributed by atoms with Crippen LogP contribution in [0.1, 0.15) is 32.6 Å². The summed E-state index contributed by atoms with van der Waals surface area (Å²) in [4.78, 5) is 30.8. The van der Waals surface area contributed by atoms with Gasteiger partial charge in [0.1, 0.15) is 11.3 Å². The lowest BCUT2D eigenvalue weighted by atomic mass is 10.1. The third kappa shape index (κ3) is 6.05. The molecular weight excluding hydrogens is 524 g/mol. The van der Waals surface area contributed by atoms with E-state index in [2.05, 4.69) is 40.1 Å². The zero-order valence-corrected chi connectivity index (χ0v) is 24.6. The summed E-state index contributed by atoms with van der Waals surface area (Å²) < 4.78 is 6.35. The number of ether oxygens (including phenoxy) is 1. The Bertz CT molecular complexity index is 1740. The number of rotatable bonds is 7. The van der Waals surface area contributed by atoms with Crippen molar-refractivity contribution in [1.82, 2.24) is 24.8 Å². The summed E-state index contributed by atoms with van der Waals surface area (Å²) in [5.41, 5.74) is 8.16. The van der Waals surface area contributed by atoms with Gasteiger partial charge in [-0.3, -0.25) is 9.69 Å². The van der Waals surface area contributed by atoms with Gasteiger partial charge in [0, 0.05) is 55.7 Å². The predicted octanol–water partition coefficient (Wildman–Crippen LogP) is 6.34. The highest BCUT2D eigenvalue weighted by Crippen LogP contribution is 2.32. The molecule has 42 heavy (non-hydrogen) atoms. The second kappa shape index (κ2) is 11.8. The summed E-state index contributed by atoms with van der Waals surface area (Å²) in [6.07, 6.45) is 1.82. The van der Waals surface area contributed by atoms with E-state index in [0.29, 0.717) is 28.5 Å². The van der Waals surface area contributed by atoms with E-state index in [-0.39, 0.29) is 5.91 Å². The van der Waals surface area contributed by atoms with E-state index in [1.807, 2.05) is 74.6 Å². The number of nitrogens with one attached hydrogen (secondary N) is 2. The van der Waals surface area contributed by atoms with Gasteiger partial charge < -0.3 is 19.9 Å². The molecule has 1 amide bonds. The summed E-state index contributed by atoms with van der Waals surface area (Å²) in [6, 6.07) is 21.6. The molecule has 0 saturated carbocycles. The molecule has 6 rings (SSSR count). The average molecular weight is 561 g/mol. The fourth-order valence-electron chi connectivity index (χ4n) is 5.18. The van der Waals surface area contributed by atoms with Crippen molar-refractivity contribution in [1.29, 1.82) is 0 Å². The number of nitrogens with zero attached hydrogens (tertiary/aromatic N) is 4. The van der Waals surface area contributed by atoms with Crippen molar-refractivity contribution in [2.75, 3.05) is 38.5 Å². The van der Waals surface area contributed by atoms with Crippen LogP contribution in [0.3, 0.4) is 0 Å². The third-order valence-corrected chi connectivity index (χ3v) is 7.93. The number of carbonyl (C=O) groups is 1. The van der Waals surface area contributed by atoms with Crippen molar-refractivity contribution >= 4 is 22.6 Å². The maximum Gasteiger partial charge on any atom is 0.255 e. The molecule has 0 bridgehead atoms. The van der Waals surface area contributed by atoms with E-state index in [0.717, 1.165) is 55.1 Å². The first-order valence-electron chi connectivity index (χ1n) is 14.3. The standard InChI is InChI=1S/C34H36N6O2/c1-22-5-8-25(9-6-22)32-37-29-13-14-35-31(29)34(38-32)42-30-20-26(10-7-23(30)2)33(41)36-28-12-11-27(24(3)19-28)21-40-17-15-39(4)16-18-40/h5-14,19-20,35H,15-18,21H2,1-4H3,(H,36,41). The van der Waals surface area contributed by atoms with Gasteiger partial charge in [-0.05, 0) is 74.8 Å². The number of likely N-dealkylation sites (N-methyl/N-ethyl adjacent to an activating group) is 1. The molecule has 8 nitrogen and oxygen atoms in total. The minimum absolute atomic E-state index is 0.195. The van der Waals surface area contributed by atoms with Crippen molar-refractivity contribution in [2.24, 2.45) is 0 Å². The summed E-state index contributed by atoms with van der Waals surface area (Å²) in [6.45, 7) is 11.4. The fraction of sp³-hybridized carbons (Fsp3) is 0.265. The van der Waals surface area contributed by atoms with Crippen molar-refractivity contribution in [3.63, 3.8) is 0 Å². The second-order valence-electron chi connectivity index (χ2n) is 11.2. The van der Waals surface area contributed by atoms with Crippen molar-refractivity contribution in [3.05, 3.63) is 101 Å². The number of fused-ring (bicyclic) bond motifs is 1. The third-order valence-electron chi connectivity index (χ3n) is 7.93. The molecule has 0 radical (unpaired) electrons.